The van der Waals surface area contributed by atoms with Crippen LogP contribution in [0.25, 0.3) is 0 Å². The van der Waals surface area contributed by atoms with Gasteiger partial charge in [-0.15, -0.1) is 0 Å². The zero-order chi connectivity index (χ0) is 12.1. The number of nitrogens with one attached hydrogen (secondary N) is 2. The van der Waals surface area contributed by atoms with Crippen molar-refractivity contribution in [1.82, 2.24) is 10.9 Å². The summed E-state index contributed by atoms with van der Waals surface area (Å²) in [4.78, 5) is 22.8. The molecule has 2 aliphatic carbocycles. The summed E-state index contributed by atoms with van der Waals surface area (Å²) in [6.07, 6.45) is 9.92. The molecule has 0 aromatic carbocycles. The minimum Gasteiger partial charge on any atom is -0.273 e. The van der Waals surface area contributed by atoms with Crippen molar-refractivity contribution in [2.75, 3.05) is 0 Å². The molecule has 96 valence electrons. The van der Waals surface area contributed by atoms with Gasteiger partial charge >= 0.3 is 0 Å². The second-order valence-electron chi connectivity index (χ2n) is 5.35. The van der Waals surface area contributed by atoms with Gasteiger partial charge in [0.25, 0.3) is 0 Å². The average Bonchev–Trinajstić information content (AvgIpc) is 3.19. The first kappa shape index (κ1) is 12.4. The fourth-order valence-electron chi connectivity index (χ4n) is 2.45. The van der Waals surface area contributed by atoms with Gasteiger partial charge in [0.2, 0.25) is 11.8 Å². The highest BCUT2D eigenvalue weighted by atomic mass is 16.2. The van der Waals surface area contributed by atoms with E-state index in [-0.39, 0.29) is 17.7 Å². The summed E-state index contributed by atoms with van der Waals surface area (Å²) in [7, 11) is 0. The second kappa shape index (κ2) is 6.03. The maximum absolute atomic E-state index is 11.5. The van der Waals surface area contributed by atoms with Crippen molar-refractivity contribution in [3.63, 3.8) is 0 Å². The lowest BCUT2D eigenvalue weighted by molar-refractivity contribution is -0.129. The summed E-state index contributed by atoms with van der Waals surface area (Å²) in [6.45, 7) is 0. The van der Waals surface area contributed by atoms with Crippen molar-refractivity contribution >= 4 is 11.8 Å². The number of carbonyl (C=O) groups is 2. The smallest absolute Gasteiger partial charge is 0.241 e. The van der Waals surface area contributed by atoms with Crippen LogP contribution in [0.15, 0.2) is 0 Å². The molecule has 2 aliphatic rings. The van der Waals surface area contributed by atoms with Gasteiger partial charge in [0.15, 0.2) is 0 Å². The summed E-state index contributed by atoms with van der Waals surface area (Å²) in [6, 6.07) is 0. The first-order valence-electron chi connectivity index (χ1n) is 6.84. The summed E-state index contributed by atoms with van der Waals surface area (Å²) in [5.41, 5.74) is 5.00. The van der Waals surface area contributed by atoms with E-state index in [1.165, 1.54) is 32.1 Å². The first-order valence-corrected chi connectivity index (χ1v) is 6.84. The third-order valence-corrected chi connectivity index (χ3v) is 3.78. The van der Waals surface area contributed by atoms with Crippen LogP contribution < -0.4 is 10.9 Å². The van der Waals surface area contributed by atoms with Crippen molar-refractivity contribution < 1.29 is 9.59 Å². The normalized spacial score (nSPS) is 20.9. The van der Waals surface area contributed by atoms with E-state index in [9.17, 15) is 9.59 Å². The minimum absolute atomic E-state index is 0.0315. The Kier molecular flexibility index (Phi) is 4.40. The van der Waals surface area contributed by atoms with E-state index < -0.39 is 0 Å². The summed E-state index contributed by atoms with van der Waals surface area (Å²) >= 11 is 0. The van der Waals surface area contributed by atoms with E-state index in [4.69, 9.17) is 0 Å². The molecule has 2 amide bonds. The highest BCUT2D eigenvalue weighted by molar-refractivity contribution is 5.84. The Morgan fingerprint density at radius 1 is 0.941 bits per heavy atom. The van der Waals surface area contributed by atoms with Crippen molar-refractivity contribution in [2.45, 2.75) is 57.8 Å². The molecule has 4 nitrogen and oxygen atoms in total. The highest BCUT2D eigenvalue weighted by Crippen LogP contribution is 2.28. The van der Waals surface area contributed by atoms with E-state index in [2.05, 4.69) is 10.9 Å². The molecule has 0 bridgehead atoms. The van der Waals surface area contributed by atoms with E-state index in [1.807, 2.05) is 0 Å². The Bertz CT molecular complexity index is 281. The zero-order valence-corrected chi connectivity index (χ0v) is 10.3. The molecule has 0 atom stereocenters. The van der Waals surface area contributed by atoms with Gasteiger partial charge in [0.1, 0.15) is 0 Å². The lowest BCUT2D eigenvalue weighted by Crippen LogP contribution is -2.42. The third kappa shape index (κ3) is 4.36. The van der Waals surface area contributed by atoms with Crippen molar-refractivity contribution in [1.29, 1.82) is 0 Å². The summed E-state index contributed by atoms with van der Waals surface area (Å²) < 4.78 is 0. The van der Waals surface area contributed by atoms with Crippen LogP contribution in [-0.2, 0) is 9.59 Å². The lowest BCUT2D eigenvalue weighted by atomic mass is 9.86. The van der Waals surface area contributed by atoms with Crippen molar-refractivity contribution in [2.24, 2.45) is 11.8 Å². The Hall–Kier alpha value is -1.06. The number of rotatable bonds is 4. The van der Waals surface area contributed by atoms with Crippen LogP contribution in [0.4, 0.5) is 0 Å². The van der Waals surface area contributed by atoms with E-state index in [1.54, 1.807) is 0 Å². The van der Waals surface area contributed by atoms with Crippen LogP contribution in [0.1, 0.15) is 57.8 Å². The molecule has 2 rings (SSSR count). The van der Waals surface area contributed by atoms with Gasteiger partial charge in [0.05, 0.1) is 0 Å². The molecule has 17 heavy (non-hydrogen) atoms. The van der Waals surface area contributed by atoms with Crippen LogP contribution in [0.3, 0.4) is 0 Å². The third-order valence-electron chi connectivity index (χ3n) is 3.78. The maximum atomic E-state index is 11.5. The molecular formula is C13H22N2O2. The molecule has 2 N–H and O–H groups in total. The first-order chi connectivity index (χ1) is 8.25. The van der Waals surface area contributed by atoms with Crippen LogP contribution in [0.5, 0.6) is 0 Å². The van der Waals surface area contributed by atoms with Crippen LogP contribution in [-0.4, -0.2) is 11.8 Å². The Labute approximate surface area is 102 Å². The molecule has 2 saturated carbocycles. The van der Waals surface area contributed by atoms with Gasteiger partial charge in [-0.1, -0.05) is 32.1 Å². The Morgan fingerprint density at radius 2 is 1.65 bits per heavy atom. The van der Waals surface area contributed by atoms with Crippen molar-refractivity contribution in [3.05, 3.63) is 0 Å². The minimum atomic E-state index is -0.0513. The molecule has 4 heteroatoms. The van der Waals surface area contributed by atoms with Gasteiger partial charge in [-0.25, -0.2) is 0 Å². The van der Waals surface area contributed by atoms with Gasteiger partial charge in [-0.3, -0.25) is 20.4 Å². The number of hydrogen-bond acceptors (Lipinski definition) is 2. The largest absolute Gasteiger partial charge is 0.273 e. The van der Waals surface area contributed by atoms with Gasteiger partial charge in [-0.05, 0) is 25.2 Å². The number of hydrazine groups is 1. The quantitative estimate of drug-likeness (QED) is 0.735. The summed E-state index contributed by atoms with van der Waals surface area (Å²) in [5.74, 6) is 0.780. The molecule has 2 fully saturated rings. The molecule has 0 spiro atoms. The molecule has 0 unspecified atom stereocenters. The highest BCUT2D eigenvalue weighted by Gasteiger charge is 2.29. The van der Waals surface area contributed by atoms with Crippen molar-refractivity contribution in [3.8, 4) is 0 Å². The molecule has 0 aliphatic heterocycles. The van der Waals surface area contributed by atoms with Gasteiger partial charge in [-0.2, -0.15) is 0 Å². The second-order valence-corrected chi connectivity index (χ2v) is 5.35. The Balaban J connectivity index is 1.55. The molecule has 0 aromatic heterocycles. The Morgan fingerprint density at radius 3 is 2.29 bits per heavy atom. The molecule has 0 heterocycles. The van der Waals surface area contributed by atoms with Crippen LogP contribution in [0.2, 0.25) is 0 Å². The molecule has 0 aromatic rings. The zero-order valence-electron chi connectivity index (χ0n) is 10.3. The lowest BCUT2D eigenvalue weighted by Gasteiger charge is -2.20. The molecule has 0 saturated heterocycles. The average molecular weight is 238 g/mol. The van der Waals surface area contributed by atoms with E-state index in [0.717, 1.165) is 19.3 Å². The van der Waals surface area contributed by atoms with Gasteiger partial charge < -0.3 is 0 Å². The standard InChI is InChI=1S/C13H22N2O2/c16-12(14-15-13(17)11-7-8-11)9-6-10-4-2-1-3-5-10/h10-11H,1-9H2,(H,14,16)(H,15,17). The van der Waals surface area contributed by atoms with E-state index >= 15 is 0 Å². The van der Waals surface area contributed by atoms with Crippen LogP contribution in [0, 0.1) is 11.8 Å². The monoisotopic (exact) mass is 238 g/mol. The molecular weight excluding hydrogens is 216 g/mol. The van der Waals surface area contributed by atoms with Gasteiger partial charge in [0, 0.05) is 12.3 Å². The topological polar surface area (TPSA) is 58.2 Å². The predicted octanol–water partition coefficient (Wildman–Crippen LogP) is 1.90. The fourth-order valence-corrected chi connectivity index (χ4v) is 2.45. The fraction of sp³-hybridized carbons (Fsp3) is 0.846. The molecule has 0 radical (unpaired) electrons. The van der Waals surface area contributed by atoms with Crippen LogP contribution >= 0.6 is 0 Å². The number of amides is 2. The van der Waals surface area contributed by atoms with E-state index in [0.29, 0.717) is 12.3 Å². The predicted molar refractivity (Wildman–Crippen MR) is 64.8 cm³/mol. The summed E-state index contributed by atoms with van der Waals surface area (Å²) in [5, 5.41) is 0. The number of carbonyl (C=O) groups excluding carboxylic acids is 2. The number of hydrogen-bond donors (Lipinski definition) is 2. The maximum Gasteiger partial charge on any atom is 0.241 e. The SMILES string of the molecule is O=C(CCC1CCCCC1)NNC(=O)C1CC1.